The predicted molar refractivity (Wildman–Crippen MR) is 94.9 cm³/mol. The number of amidine groups is 1. The van der Waals surface area contributed by atoms with Crippen molar-refractivity contribution in [1.82, 2.24) is 10.2 Å². The molecule has 1 aliphatic carbocycles. The number of nitrogens with one attached hydrogen (secondary N) is 1. The molecule has 7 heteroatoms. The Labute approximate surface area is 148 Å². The Hall–Kier alpha value is -1.89. The molecule has 2 aliphatic heterocycles. The van der Waals surface area contributed by atoms with E-state index in [9.17, 15) is 13.2 Å². The Morgan fingerprint density at radius 2 is 1.92 bits per heavy atom. The fourth-order valence-electron chi connectivity index (χ4n) is 4.17. The van der Waals surface area contributed by atoms with Gasteiger partial charge < -0.3 is 10.2 Å². The van der Waals surface area contributed by atoms with Crippen molar-refractivity contribution in [3.63, 3.8) is 0 Å². The van der Waals surface area contributed by atoms with E-state index in [0.29, 0.717) is 23.9 Å². The van der Waals surface area contributed by atoms with E-state index in [-0.39, 0.29) is 16.8 Å². The van der Waals surface area contributed by atoms with E-state index in [1.54, 1.807) is 24.3 Å². The second-order valence-corrected chi connectivity index (χ2v) is 8.71. The summed E-state index contributed by atoms with van der Waals surface area (Å²) in [5.41, 5.74) is 0.609. The normalized spacial score (nSPS) is 25.0. The molecule has 4 rings (SSSR count). The summed E-state index contributed by atoms with van der Waals surface area (Å²) in [6.45, 7) is 1.38. The average molecular weight is 361 g/mol. The second-order valence-electron chi connectivity index (χ2n) is 7.13. The number of hydrogen-bond donors (Lipinski definition) is 1. The number of fused-ring (bicyclic) bond motifs is 1. The number of nitrogens with zero attached hydrogens (tertiary/aromatic N) is 2. The average Bonchev–Trinajstić information content (AvgIpc) is 3.32. The maximum absolute atomic E-state index is 12.7. The summed E-state index contributed by atoms with van der Waals surface area (Å²) in [5.74, 6) is 1.01. The van der Waals surface area contributed by atoms with Gasteiger partial charge in [0, 0.05) is 18.7 Å². The standard InChI is InChI=1S/C18H23N3O3S/c22-18(19-12-13-6-1-2-7-13)15-9-5-11-21(15)17-14-8-3-4-10-16(14)25(23,24)20-17/h3-4,8,10,13,15H,1-2,5-7,9,11-12H2,(H,19,22)/t15-/m0/s1. The van der Waals surface area contributed by atoms with Gasteiger partial charge in [-0.2, -0.15) is 8.42 Å². The Balaban J connectivity index is 1.53. The highest BCUT2D eigenvalue weighted by Crippen LogP contribution is 2.31. The molecule has 1 saturated carbocycles. The molecule has 0 spiro atoms. The summed E-state index contributed by atoms with van der Waals surface area (Å²) in [4.78, 5) is 14.8. The summed E-state index contributed by atoms with van der Waals surface area (Å²) in [7, 11) is -3.65. The van der Waals surface area contributed by atoms with Gasteiger partial charge in [-0.1, -0.05) is 25.0 Å². The number of benzene rings is 1. The van der Waals surface area contributed by atoms with E-state index in [1.807, 2.05) is 4.90 Å². The SMILES string of the molecule is O=C(NCC1CCCC1)[C@@H]1CCCN1C1=NS(=O)(=O)c2ccccc21. The topological polar surface area (TPSA) is 78.8 Å². The van der Waals surface area contributed by atoms with Crippen LogP contribution < -0.4 is 5.32 Å². The van der Waals surface area contributed by atoms with Crippen LogP contribution in [0.15, 0.2) is 33.6 Å². The smallest absolute Gasteiger partial charge is 0.285 e. The lowest BCUT2D eigenvalue weighted by Crippen LogP contribution is -2.46. The van der Waals surface area contributed by atoms with Crippen molar-refractivity contribution in [3.8, 4) is 0 Å². The molecule has 6 nitrogen and oxygen atoms in total. The molecule has 0 aromatic heterocycles. The Bertz CT molecular complexity index is 813. The van der Waals surface area contributed by atoms with Crippen molar-refractivity contribution < 1.29 is 13.2 Å². The Kier molecular flexibility index (Phi) is 4.27. The number of rotatable bonds is 3. The van der Waals surface area contributed by atoms with Crippen LogP contribution in [-0.4, -0.2) is 44.2 Å². The highest BCUT2D eigenvalue weighted by molar-refractivity contribution is 7.90. The number of sulfonamides is 1. The van der Waals surface area contributed by atoms with Crippen molar-refractivity contribution in [1.29, 1.82) is 0 Å². The molecule has 0 bridgehead atoms. The van der Waals surface area contributed by atoms with Crippen LogP contribution >= 0.6 is 0 Å². The van der Waals surface area contributed by atoms with Crippen LogP contribution in [0.2, 0.25) is 0 Å². The third-order valence-electron chi connectivity index (χ3n) is 5.48. The van der Waals surface area contributed by atoms with Gasteiger partial charge >= 0.3 is 0 Å². The molecule has 3 aliphatic rings. The van der Waals surface area contributed by atoms with Gasteiger partial charge in [-0.3, -0.25) is 4.79 Å². The van der Waals surface area contributed by atoms with Gasteiger partial charge in [0.1, 0.15) is 10.9 Å². The van der Waals surface area contributed by atoms with E-state index in [4.69, 9.17) is 0 Å². The molecule has 134 valence electrons. The first-order chi connectivity index (χ1) is 12.1. The molecular formula is C18H23N3O3S. The number of likely N-dealkylation sites (tertiary alicyclic amines) is 1. The minimum absolute atomic E-state index is 0.00567. The van der Waals surface area contributed by atoms with Gasteiger partial charge in [-0.05, 0) is 43.7 Å². The first-order valence-corrected chi connectivity index (χ1v) is 10.5. The highest BCUT2D eigenvalue weighted by Gasteiger charge is 2.39. The predicted octanol–water partition coefficient (Wildman–Crippen LogP) is 1.91. The van der Waals surface area contributed by atoms with Crippen molar-refractivity contribution in [2.45, 2.75) is 49.5 Å². The number of hydrogen-bond acceptors (Lipinski definition) is 4. The third kappa shape index (κ3) is 3.05. The summed E-state index contributed by atoms with van der Waals surface area (Å²) in [6.07, 6.45) is 6.48. The zero-order valence-electron chi connectivity index (χ0n) is 14.1. The fraction of sp³-hybridized carbons (Fsp3) is 0.556. The molecular weight excluding hydrogens is 338 g/mol. The largest absolute Gasteiger partial charge is 0.354 e. The van der Waals surface area contributed by atoms with Gasteiger partial charge in [-0.15, -0.1) is 4.40 Å². The molecule has 1 aromatic rings. The van der Waals surface area contributed by atoms with E-state index >= 15 is 0 Å². The molecule has 0 unspecified atom stereocenters. The molecule has 1 saturated heterocycles. The van der Waals surface area contributed by atoms with Crippen LogP contribution in [0.25, 0.3) is 0 Å². The van der Waals surface area contributed by atoms with Crippen LogP contribution in [0.1, 0.15) is 44.1 Å². The van der Waals surface area contributed by atoms with E-state index < -0.39 is 10.0 Å². The zero-order chi connectivity index (χ0) is 17.4. The Morgan fingerprint density at radius 1 is 1.16 bits per heavy atom. The maximum Gasteiger partial charge on any atom is 0.285 e. The van der Waals surface area contributed by atoms with Crippen molar-refractivity contribution in [2.75, 3.05) is 13.1 Å². The molecule has 25 heavy (non-hydrogen) atoms. The molecule has 2 heterocycles. The van der Waals surface area contributed by atoms with Gasteiger partial charge in [-0.25, -0.2) is 0 Å². The van der Waals surface area contributed by atoms with Gasteiger partial charge in [0.15, 0.2) is 5.84 Å². The Morgan fingerprint density at radius 3 is 2.72 bits per heavy atom. The minimum Gasteiger partial charge on any atom is -0.354 e. The van der Waals surface area contributed by atoms with Crippen molar-refractivity contribution >= 4 is 21.8 Å². The first kappa shape index (κ1) is 16.6. The molecule has 1 N–H and O–H groups in total. The van der Waals surface area contributed by atoms with Gasteiger partial charge in [0.05, 0.1) is 0 Å². The zero-order valence-corrected chi connectivity index (χ0v) is 15.0. The van der Waals surface area contributed by atoms with Crippen LogP contribution in [-0.2, 0) is 14.8 Å². The van der Waals surface area contributed by atoms with Gasteiger partial charge in [0.2, 0.25) is 5.91 Å². The first-order valence-electron chi connectivity index (χ1n) is 9.05. The fourth-order valence-corrected chi connectivity index (χ4v) is 5.38. The van der Waals surface area contributed by atoms with Crippen LogP contribution in [0.5, 0.6) is 0 Å². The van der Waals surface area contributed by atoms with Gasteiger partial charge in [0.25, 0.3) is 10.0 Å². The van der Waals surface area contributed by atoms with Crippen LogP contribution in [0.4, 0.5) is 0 Å². The van der Waals surface area contributed by atoms with Crippen molar-refractivity contribution in [3.05, 3.63) is 29.8 Å². The summed E-state index contributed by atoms with van der Waals surface area (Å²) >= 11 is 0. The second kappa shape index (κ2) is 6.44. The van der Waals surface area contributed by atoms with E-state index in [0.717, 1.165) is 19.4 Å². The van der Waals surface area contributed by atoms with Crippen LogP contribution in [0.3, 0.4) is 0 Å². The molecule has 1 atom stereocenters. The summed E-state index contributed by atoms with van der Waals surface area (Å²) in [5, 5.41) is 3.08. The van der Waals surface area contributed by atoms with E-state index in [2.05, 4.69) is 9.71 Å². The summed E-state index contributed by atoms with van der Waals surface area (Å²) in [6, 6.07) is 6.52. The van der Waals surface area contributed by atoms with Crippen LogP contribution in [0, 0.1) is 5.92 Å². The molecule has 1 amide bonds. The van der Waals surface area contributed by atoms with E-state index in [1.165, 1.54) is 25.7 Å². The lowest BCUT2D eigenvalue weighted by Gasteiger charge is -2.26. The molecule has 1 aromatic carbocycles. The lowest BCUT2D eigenvalue weighted by atomic mass is 10.1. The summed E-state index contributed by atoms with van der Waals surface area (Å²) < 4.78 is 28.5. The monoisotopic (exact) mass is 361 g/mol. The third-order valence-corrected chi connectivity index (χ3v) is 6.80. The quantitative estimate of drug-likeness (QED) is 0.892. The van der Waals surface area contributed by atoms with Crippen molar-refractivity contribution in [2.24, 2.45) is 10.3 Å². The number of carbonyl (C=O) groups excluding carboxylic acids is 1. The number of amides is 1. The maximum atomic E-state index is 12.7. The highest BCUT2D eigenvalue weighted by atomic mass is 32.2. The molecule has 0 radical (unpaired) electrons. The molecule has 2 fully saturated rings. The number of carbonyl (C=O) groups is 1. The minimum atomic E-state index is -3.65. The lowest BCUT2D eigenvalue weighted by molar-refractivity contribution is -0.124.